The Morgan fingerprint density at radius 2 is 1.44 bits per heavy atom. The van der Waals surface area contributed by atoms with Gasteiger partial charge in [0.1, 0.15) is 5.75 Å². The first-order chi connectivity index (χ1) is 15.7. The molecule has 6 heteroatoms. The van der Waals surface area contributed by atoms with Crippen molar-refractivity contribution in [3.8, 4) is 5.75 Å². The minimum Gasteiger partial charge on any atom is -0.491 e. The van der Waals surface area contributed by atoms with Gasteiger partial charge in [0.05, 0.1) is 11.6 Å². The summed E-state index contributed by atoms with van der Waals surface area (Å²) in [6.45, 7) is 13.1. The summed E-state index contributed by atoms with van der Waals surface area (Å²) in [4.78, 5) is 29.5. The highest BCUT2D eigenvalue weighted by Crippen LogP contribution is 2.56. The number of ether oxygens (including phenoxy) is 1. The van der Waals surface area contributed by atoms with Crippen molar-refractivity contribution in [3.63, 3.8) is 0 Å². The molecule has 0 bridgehead atoms. The first kappa shape index (κ1) is 25.3. The summed E-state index contributed by atoms with van der Waals surface area (Å²) in [5, 5.41) is 0.867. The van der Waals surface area contributed by atoms with Crippen LogP contribution in [-0.4, -0.2) is 30.1 Å². The molecule has 0 radical (unpaired) electrons. The van der Waals surface area contributed by atoms with Crippen LogP contribution < -0.4 is 4.74 Å². The predicted molar refractivity (Wildman–Crippen MR) is 137 cm³/mol. The lowest BCUT2D eigenvalue weighted by atomic mass is 9.63. The lowest BCUT2D eigenvalue weighted by Crippen LogP contribution is -2.43. The SMILES string of the molecule is CC(C)COc1c(Cl)cc(Cl)cc1C1C2=C(CC(C)(C)CC2=O)N(C)C2=C1C(=O)CC(C)(C)C2. The molecule has 0 unspecified atom stereocenters. The average molecular weight is 504 g/mol. The van der Waals surface area contributed by atoms with Crippen LogP contribution in [0.5, 0.6) is 5.75 Å². The van der Waals surface area contributed by atoms with Gasteiger partial charge in [-0.3, -0.25) is 9.59 Å². The highest BCUT2D eigenvalue weighted by Gasteiger charge is 2.49. The average Bonchev–Trinajstić information content (AvgIpc) is 2.66. The summed E-state index contributed by atoms with van der Waals surface area (Å²) < 4.78 is 6.20. The van der Waals surface area contributed by atoms with Crippen molar-refractivity contribution >= 4 is 34.8 Å². The van der Waals surface area contributed by atoms with Gasteiger partial charge in [0.15, 0.2) is 11.6 Å². The standard InChI is InChI=1S/C28H35Cl2NO3/c1-15(2)14-34-26-17(8-16(29)9-18(26)30)23-24-19(10-27(3,4)12-21(24)32)31(7)20-11-28(5,6)13-22(33)25(20)23/h8-9,15,23H,10-14H2,1-7H3. The third-order valence-corrected chi connectivity index (χ3v) is 7.59. The van der Waals surface area contributed by atoms with Crippen LogP contribution in [0.4, 0.5) is 0 Å². The number of halogens is 2. The number of allylic oxidation sites excluding steroid dienone is 4. The van der Waals surface area contributed by atoms with E-state index in [1.54, 1.807) is 6.07 Å². The van der Waals surface area contributed by atoms with Crippen LogP contribution in [0, 0.1) is 16.7 Å². The molecule has 1 heterocycles. The molecule has 0 aromatic heterocycles. The predicted octanol–water partition coefficient (Wildman–Crippen LogP) is 7.34. The van der Waals surface area contributed by atoms with E-state index in [0.29, 0.717) is 52.0 Å². The molecule has 1 aromatic carbocycles. The van der Waals surface area contributed by atoms with Crippen LogP contribution in [0.1, 0.15) is 78.7 Å². The maximum Gasteiger partial charge on any atom is 0.162 e. The molecule has 0 spiro atoms. The molecule has 4 rings (SSSR count). The zero-order chi connectivity index (χ0) is 25.2. The molecule has 0 amide bonds. The number of nitrogens with zero attached hydrogens (tertiary/aromatic N) is 1. The van der Waals surface area contributed by atoms with Gasteiger partial charge >= 0.3 is 0 Å². The fourth-order valence-corrected chi connectivity index (χ4v) is 6.24. The zero-order valence-corrected chi connectivity index (χ0v) is 22.8. The second kappa shape index (κ2) is 8.71. The number of Topliss-reactive ketones (excluding diaryl/α,β-unsaturated/α-hetero) is 2. The van der Waals surface area contributed by atoms with E-state index < -0.39 is 5.92 Å². The Hall–Kier alpha value is -1.78. The van der Waals surface area contributed by atoms with Crippen molar-refractivity contribution in [2.75, 3.05) is 13.7 Å². The summed E-state index contributed by atoms with van der Waals surface area (Å²) in [6, 6.07) is 3.49. The van der Waals surface area contributed by atoms with E-state index in [9.17, 15) is 9.59 Å². The lowest BCUT2D eigenvalue weighted by molar-refractivity contribution is -0.119. The Morgan fingerprint density at radius 1 is 0.941 bits per heavy atom. The number of hydrogen-bond donors (Lipinski definition) is 0. The minimum atomic E-state index is -0.522. The molecule has 0 fully saturated rings. The smallest absolute Gasteiger partial charge is 0.162 e. The van der Waals surface area contributed by atoms with Crippen LogP contribution in [0.3, 0.4) is 0 Å². The van der Waals surface area contributed by atoms with Gasteiger partial charge in [-0.1, -0.05) is 64.7 Å². The summed E-state index contributed by atoms with van der Waals surface area (Å²) in [7, 11) is 2.01. The molecule has 3 aliphatic rings. The first-order valence-electron chi connectivity index (χ1n) is 12.1. The molecule has 0 saturated heterocycles. The highest BCUT2D eigenvalue weighted by molar-refractivity contribution is 6.35. The van der Waals surface area contributed by atoms with Crippen LogP contribution >= 0.6 is 23.2 Å². The highest BCUT2D eigenvalue weighted by atomic mass is 35.5. The van der Waals surface area contributed by atoms with Gasteiger partial charge in [-0.2, -0.15) is 0 Å². The monoisotopic (exact) mass is 503 g/mol. The maximum atomic E-state index is 13.7. The number of rotatable bonds is 4. The Labute approximate surface area is 213 Å². The van der Waals surface area contributed by atoms with E-state index in [-0.39, 0.29) is 28.3 Å². The van der Waals surface area contributed by atoms with E-state index in [1.165, 1.54) is 0 Å². The molecule has 1 aromatic rings. The molecule has 184 valence electrons. The fourth-order valence-electron chi connectivity index (χ4n) is 5.67. The van der Waals surface area contributed by atoms with Gasteiger partial charge in [-0.05, 0) is 41.7 Å². The van der Waals surface area contributed by atoms with Crippen molar-refractivity contribution in [2.24, 2.45) is 16.7 Å². The summed E-state index contributed by atoms with van der Waals surface area (Å²) in [6.07, 6.45) is 2.41. The van der Waals surface area contributed by atoms with Gasteiger partial charge in [-0.25, -0.2) is 0 Å². The molecule has 4 nitrogen and oxygen atoms in total. The second-order valence-electron chi connectivity index (χ2n) is 12.1. The first-order valence-corrected chi connectivity index (χ1v) is 12.8. The van der Waals surface area contributed by atoms with Gasteiger partial charge in [0.25, 0.3) is 0 Å². The molecule has 0 atom stereocenters. The number of carbonyl (C=O) groups excluding carboxylic acids is 2. The lowest BCUT2D eigenvalue weighted by Gasteiger charge is -2.48. The molecular weight excluding hydrogens is 469 g/mol. The van der Waals surface area contributed by atoms with Crippen LogP contribution in [0.25, 0.3) is 0 Å². The third kappa shape index (κ3) is 4.56. The van der Waals surface area contributed by atoms with Crippen LogP contribution in [0.15, 0.2) is 34.7 Å². The molecule has 1 aliphatic heterocycles. The zero-order valence-electron chi connectivity index (χ0n) is 21.3. The normalized spacial score (nSPS) is 22.4. The van der Waals surface area contributed by atoms with E-state index in [2.05, 4.69) is 46.4 Å². The summed E-state index contributed by atoms with van der Waals surface area (Å²) in [5.41, 5.74) is 3.81. The van der Waals surface area contributed by atoms with Crippen LogP contribution in [-0.2, 0) is 9.59 Å². The number of benzene rings is 1. The summed E-state index contributed by atoms with van der Waals surface area (Å²) >= 11 is 13.2. The number of carbonyl (C=O) groups is 2. The Balaban J connectivity index is 2.01. The van der Waals surface area contributed by atoms with Crippen molar-refractivity contribution in [1.29, 1.82) is 0 Å². The molecule has 0 N–H and O–H groups in total. The molecule has 2 aliphatic carbocycles. The van der Waals surface area contributed by atoms with Crippen molar-refractivity contribution in [2.45, 2.75) is 73.1 Å². The van der Waals surface area contributed by atoms with Crippen molar-refractivity contribution in [1.82, 2.24) is 4.90 Å². The third-order valence-electron chi connectivity index (χ3n) is 7.09. The van der Waals surface area contributed by atoms with Gasteiger partial charge < -0.3 is 9.64 Å². The van der Waals surface area contributed by atoms with Crippen molar-refractivity contribution < 1.29 is 14.3 Å². The van der Waals surface area contributed by atoms with E-state index >= 15 is 0 Å². The quantitative estimate of drug-likeness (QED) is 0.430. The van der Waals surface area contributed by atoms with Gasteiger partial charge in [0.2, 0.25) is 0 Å². The molecular formula is C28H35Cl2NO3. The largest absolute Gasteiger partial charge is 0.491 e. The van der Waals surface area contributed by atoms with E-state index in [0.717, 1.165) is 24.2 Å². The Bertz CT molecular complexity index is 1070. The second-order valence-corrected chi connectivity index (χ2v) is 12.9. The molecule has 0 saturated carbocycles. The molecule has 34 heavy (non-hydrogen) atoms. The topological polar surface area (TPSA) is 46.6 Å². The van der Waals surface area contributed by atoms with E-state index in [1.807, 2.05) is 13.1 Å². The summed E-state index contributed by atoms with van der Waals surface area (Å²) in [5.74, 6) is 0.447. The van der Waals surface area contributed by atoms with E-state index in [4.69, 9.17) is 27.9 Å². The van der Waals surface area contributed by atoms with Crippen molar-refractivity contribution in [3.05, 3.63) is 50.3 Å². The fraction of sp³-hybridized carbons (Fsp3) is 0.571. The number of ketones is 2. The number of hydrogen-bond acceptors (Lipinski definition) is 4. The minimum absolute atomic E-state index is 0.0817. The Morgan fingerprint density at radius 3 is 1.91 bits per heavy atom. The maximum absolute atomic E-state index is 13.7. The Kier molecular flexibility index (Phi) is 6.48. The van der Waals surface area contributed by atoms with Gasteiger partial charge in [-0.15, -0.1) is 0 Å². The van der Waals surface area contributed by atoms with Gasteiger partial charge in [0, 0.05) is 58.9 Å². The van der Waals surface area contributed by atoms with Crippen LogP contribution in [0.2, 0.25) is 10.0 Å².